The summed E-state index contributed by atoms with van der Waals surface area (Å²) < 4.78 is 11.7. The van der Waals surface area contributed by atoms with Gasteiger partial charge in [-0.3, -0.25) is 10.1 Å². The quantitative estimate of drug-likeness (QED) is 0.276. The normalized spacial score (nSPS) is 11.9. The van der Waals surface area contributed by atoms with Gasteiger partial charge in [0.15, 0.2) is 10.7 Å². The van der Waals surface area contributed by atoms with Crippen molar-refractivity contribution in [2.24, 2.45) is 0 Å². The molecule has 35 heavy (non-hydrogen) atoms. The predicted octanol–water partition coefficient (Wildman–Crippen LogP) is 6.92. The molecule has 0 radical (unpaired) electrons. The Bertz CT molecular complexity index is 1360. The highest BCUT2D eigenvalue weighted by Crippen LogP contribution is 2.29. The number of thiocarbonyl (C=S) groups is 1. The molecule has 4 aromatic rings. The Morgan fingerprint density at radius 3 is 2.63 bits per heavy atom. The first-order chi connectivity index (χ1) is 16.8. The smallest absolute Gasteiger partial charge is 0.257 e. The number of aromatic nitrogens is 1. The Morgan fingerprint density at radius 1 is 1.06 bits per heavy atom. The van der Waals surface area contributed by atoms with Crippen molar-refractivity contribution in [2.75, 3.05) is 5.32 Å². The van der Waals surface area contributed by atoms with Crippen molar-refractivity contribution < 1.29 is 13.9 Å². The highest BCUT2D eigenvalue weighted by molar-refractivity contribution is 7.80. The van der Waals surface area contributed by atoms with E-state index >= 15 is 0 Å². The minimum Gasteiger partial charge on any atom is -0.491 e. The van der Waals surface area contributed by atoms with Crippen molar-refractivity contribution in [1.29, 1.82) is 0 Å². The number of nitrogens with zero attached hydrogens (tertiary/aromatic N) is 1. The zero-order chi connectivity index (χ0) is 24.9. The van der Waals surface area contributed by atoms with Crippen molar-refractivity contribution in [3.8, 4) is 17.2 Å². The average molecular weight is 488 g/mol. The van der Waals surface area contributed by atoms with Crippen LogP contribution in [0.3, 0.4) is 0 Å². The van der Waals surface area contributed by atoms with Crippen LogP contribution in [0, 0.1) is 0 Å². The molecule has 3 aromatic carbocycles. The van der Waals surface area contributed by atoms with Crippen molar-refractivity contribution >= 4 is 40.0 Å². The number of benzene rings is 3. The molecule has 0 unspecified atom stereocenters. The fourth-order valence-corrected chi connectivity index (χ4v) is 3.87. The van der Waals surface area contributed by atoms with Gasteiger partial charge in [-0.25, -0.2) is 4.98 Å². The standard InChI is InChI=1S/C28H29N3O3S/c1-5-18(4)19-12-13-25-24(16-19)30-27(34-25)21-9-6-10-22(14-21)29-28(35)31-26(32)20-8-7-11-23(15-20)33-17(2)3/h6-18H,5H2,1-4H3,(H2,29,31,32,35)/t18-/m0/s1. The van der Waals surface area contributed by atoms with E-state index < -0.39 is 0 Å². The summed E-state index contributed by atoms with van der Waals surface area (Å²) in [5.41, 5.74) is 4.82. The molecular formula is C28H29N3O3S. The van der Waals surface area contributed by atoms with Gasteiger partial charge in [0.1, 0.15) is 11.3 Å². The van der Waals surface area contributed by atoms with E-state index in [4.69, 9.17) is 21.4 Å². The van der Waals surface area contributed by atoms with Gasteiger partial charge in [0.2, 0.25) is 5.89 Å². The van der Waals surface area contributed by atoms with E-state index in [-0.39, 0.29) is 17.1 Å². The van der Waals surface area contributed by atoms with Gasteiger partial charge in [-0.05, 0) is 92.5 Å². The number of oxazole rings is 1. The lowest BCUT2D eigenvalue weighted by molar-refractivity contribution is 0.0977. The minimum absolute atomic E-state index is 0.0199. The third-order valence-electron chi connectivity index (χ3n) is 5.66. The maximum Gasteiger partial charge on any atom is 0.257 e. The molecule has 7 heteroatoms. The molecule has 0 aliphatic rings. The van der Waals surface area contributed by atoms with E-state index in [1.165, 1.54) is 5.56 Å². The first kappa shape index (κ1) is 24.4. The molecule has 180 valence electrons. The molecule has 0 aliphatic carbocycles. The fourth-order valence-electron chi connectivity index (χ4n) is 3.66. The Labute approximate surface area is 210 Å². The summed E-state index contributed by atoms with van der Waals surface area (Å²) in [6.07, 6.45) is 1.09. The summed E-state index contributed by atoms with van der Waals surface area (Å²) in [6, 6.07) is 20.7. The molecule has 0 spiro atoms. The van der Waals surface area contributed by atoms with Crippen LogP contribution in [0.4, 0.5) is 5.69 Å². The molecule has 6 nitrogen and oxygen atoms in total. The second-order valence-corrected chi connectivity index (χ2v) is 9.15. The molecule has 1 aromatic heterocycles. The molecule has 1 amide bonds. The van der Waals surface area contributed by atoms with Gasteiger partial charge in [-0.1, -0.05) is 32.0 Å². The number of carbonyl (C=O) groups is 1. The second-order valence-electron chi connectivity index (χ2n) is 8.74. The molecule has 0 saturated heterocycles. The lowest BCUT2D eigenvalue weighted by atomic mass is 9.98. The van der Waals surface area contributed by atoms with E-state index in [0.717, 1.165) is 23.1 Å². The third kappa shape index (κ3) is 6.05. The highest BCUT2D eigenvalue weighted by atomic mass is 32.1. The van der Waals surface area contributed by atoms with Gasteiger partial charge < -0.3 is 14.5 Å². The maximum atomic E-state index is 12.6. The number of rotatable bonds is 7. The number of nitrogens with one attached hydrogen (secondary N) is 2. The number of fused-ring (bicyclic) bond motifs is 1. The second kappa shape index (κ2) is 10.7. The molecule has 0 bridgehead atoms. The summed E-state index contributed by atoms with van der Waals surface area (Å²) in [7, 11) is 0. The zero-order valence-corrected chi connectivity index (χ0v) is 21.1. The molecule has 0 saturated carbocycles. The Hall–Kier alpha value is -3.71. The number of carbonyl (C=O) groups excluding carboxylic acids is 1. The van der Waals surface area contributed by atoms with Gasteiger partial charge >= 0.3 is 0 Å². The Balaban J connectivity index is 1.45. The average Bonchev–Trinajstić information content (AvgIpc) is 3.27. The lowest BCUT2D eigenvalue weighted by Gasteiger charge is -2.12. The van der Waals surface area contributed by atoms with Crippen LogP contribution in [0.15, 0.2) is 71.1 Å². The number of anilines is 1. The summed E-state index contributed by atoms with van der Waals surface area (Å²) in [5, 5.41) is 5.97. The van der Waals surface area contributed by atoms with Crippen LogP contribution in [-0.4, -0.2) is 22.1 Å². The number of hydrogen-bond donors (Lipinski definition) is 2. The zero-order valence-electron chi connectivity index (χ0n) is 20.3. The largest absolute Gasteiger partial charge is 0.491 e. The Kier molecular flexibility index (Phi) is 7.46. The molecule has 0 fully saturated rings. The van der Waals surface area contributed by atoms with Crippen LogP contribution in [0.1, 0.15) is 56.0 Å². The van der Waals surface area contributed by atoms with Gasteiger partial charge in [-0.2, -0.15) is 0 Å². The van der Waals surface area contributed by atoms with Crippen LogP contribution < -0.4 is 15.4 Å². The molecule has 2 N–H and O–H groups in total. The van der Waals surface area contributed by atoms with E-state index in [2.05, 4.69) is 41.6 Å². The van der Waals surface area contributed by atoms with Crippen LogP contribution >= 0.6 is 12.2 Å². The molecular weight excluding hydrogens is 458 g/mol. The van der Waals surface area contributed by atoms with Crippen molar-refractivity contribution in [3.05, 3.63) is 77.9 Å². The van der Waals surface area contributed by atoms with Crippen LogP contribution in [0.2, 0.25) is 0 Å². The minimum atomic E-state index is -0.316. The fraction of sp³-hybridized carbons (Fsp3) is 0.250. The highest BCUT2D eigenvalue weighted by Gasteiger charge is 2.13. The van der Waals surface area contributed by atoms with Crippen molar-refractivity contribution in [3.63, 3.8) is 0 Å². The van der Waals surface area contributed by atoms with Crippen molar-refractivity contribution in [2.45, 2.75) is 46.1 Å². The monoisotopic (exact) mass is 487 g/mol. The van der Waals surface area contributed by atoms with Gasteiger partial charge in [-0.15, -0.1) is 0 Å². The lowest BCUT2D eigenvalue weighted by Crippen LogP contribution is -2.34. The van der Waals surface area contributed by atoms with E-state index in [9.17, 15) is 4.79 Å². The topological polar surface area (TPSA) is 76.4 Å². The summed E-state index contributed by atoms with van der Waals surface area (Å²) in [4.78, 5) is 17.3. The van der Waals surface area contributed by atoms with E-state index in [1.807, 2.05) is 50.2 Å². The first-order valence-corrected chi connectivity index (χ1v) is 12.1. The van der Waals surface area contributed by atoms with Crippen molar-refractivity contribution in [1.82, 2.24) is 10.3 Å². The first-order valence-electron chi connectivity index (χ1n) is 11.7. The summed E-state index contributed by atoms with van der Waals surface area (Å²) in [6.45, 7) is 8.25. The molecule has 4 rings (SSSR count). The van der Waals surface area contributed by atoms with E-state index in [0.29, 0.717) is 28.8 Å². The van der Waals surface area contributed by atoms with E-state index in [1.54, 1.807) is 18.2 Å². The van der Waals surface area contributed by atoms with Crippen LogP contribution in [-0.2, 0) is 0 Å². The molecule has 1 atom stereocenters. The summed E-state index contributed by atoms with van der Waals surface area (Å²) in [5.74, 6) is 1.31. The number of amides is 1. The van der Waals surface area contributed by atoms with Gasteiger partial charge in [0, 0.05) is 16.8 Å². The number of ether oxygens (including phenoxy) is 1. The van der Waals surface area contributed by atoms with Crippen LogP contribution in [0.5, 0.6) is 5.75 Å². The SMILES string of the molecule is CC[C@H](C)c1ccc2oc(-c3cccc(NC(=S)NC(=O)c4cccc(OC(C)C)c4)c3)nc2c1. The summed E-state index contributed by atoms with van der Waals surface area (Å²) >= 11 is 5.36. The third-order valence-corrected chi connectivity index (χ3v) is 5.86. The number of hydrogen-bond acceptors (Lipinski definition) is 5. The van der Waals surface area contributed by atoms with Gasteiger partial charge in [0.25, 0.3) is 5.91 Å². The predicted molar refractivity (Wildman–Crippen MR) is 144 cm³/mol. The molecule has 0 aliphatic heterocycles. The van der Waals surface area contributed by atoms with Crippen LogP contribution in [0.25, 0.3) is 22.6 Å². The van der Waals surface area contributed by atoms with Gasteiger partial charge in [0.05, 0.1) is 6.10 Å². The maximum absolute atomic E-state index is 12.6. The molecule has 1 heterocycles. The Morgan fingerprint density at radius 2 is 1.86 bits per heavy atom.